The van der Waals surface area contributed by atoms with Gasteiger partial charge in [0.05, 0.1) is 19.1 Å². The van der Waals surface area contributed by atoms with E-state index < -0.39 is 10.0 Å². The fourth-order valence-corrected chi connectivity index (χ4v) is 3.93. The molecule has 0 saturated heterocycles. The van der Waals surface area contributed by atoms with Crippen LogP contribution in [0.25, 0.3) is 10.8 Å². The van der Waals surface area contributed by atoms with Gasteiger partial charge in [-0.1, -0.05) is 36.4 Å². The van der Waals surface area contributed by atoms with Gasteiger partial charge >= 0.3 is 0 Å². The lowest BCUT2D eigenvalue weighted by Gasteiger charge is -2.13. The number of ether oxygens (including phenoxy) is 2. The fourth-order valence-electron chi connectivity index (χ4n) is 2.70. The fraction of sp³-hybridized carbons (Fsp3) is 0.158. The highest BCUT2D eigenvalue weighted by Gasteiger charge is 2.18. The number of methoxy groups -OCH3 is 2. The smallest absolute Gasteiger partial charge is 0.241 e. The molecule has 25 heavy (non-hydrogen) atoms. The number of sulfonamides is 1. The predicted octanol–water partition coefficient (Wildman–Crippen LogP) is 3.34. The minimum absolute atomic E-state index is 0.103. The summed E-state index contributed by atoms with van der Waals surface area (Å²) in [7, 11) is -0.568. The molecule has 3 aromatic carbocycles. The zero-order valence-electron chi connectivity index (χ0n) is 14.0. The first-order chi connectivity index (χ1) is 12.0. The molecule has 0 fully saturated rings. The third kappa shape index (κ3) is 3.60. The van der Waals surface area contributed by atoms with Gasteiger partial charge < -0.3 is 9.47 Å². The molecular weight excluding hydrogens is 338 g/mol. The van der Waals surface area contributed by atoms with Gasteiger partial charge in [-0.15, -0.1) is 0 Å². The number of hydrogen-bond acceptors (Lipinski definition) is 4. The minimum Gasteiger partial charge on any atom is -0.497 e. The van der Waals surface area contributed by atoms with Crippen molar-refractivity contribution in [1.29, 1.82) is 0 Å². The summed E-state index contributed by atoms with van der Waals surface area (Å²) in [6, 6.07) is 17.9. The molecule has 0 saturated carbocycles. The van der Waals surface area contributed by atoms with Crippen LogP contribution in [0.3, 0.4) is 0 Å². The highest BCUT2D eigenvalue weighted by Crippen LogP contribution is 2.26. The van der Waals surface area contributed by atoms with E-state index >= 15 is 0 Å². The summed E-state index contributed by atoms with van der Waals surface area (Å²) in [6.45, 7) is 0.103. The van der Waals surface area contributed by atoms with Gasteiger partial charge in [-0.3, -0.25) is 0 Å². The summed E-state index contributed by atoms with van der Waals surface area (Å²) in [5.74, 6) is 1.24. The van der Waals surface area contributed by atoms with Crippen LogP contribution in [0.2, 0.25) is 0 Å². The molecule has 0 radical (unpaired) electrons. The summed E-state index contributed by atoms with van der Waals surface area (Å²) < 4.78 is 38.7. The minimum atomic E-state index is -3.68. The number of nitrogens with one attached hydrogen (secondary N) is 1. The van der Waals surface area contributed by atoms with Crippen LogP contribution >= 0.6 is 0 Å². The summed E-state index contributed by atoms with van der Waals surface area (Å²) in [4.78, 5) is 0.257. The molecule has 3 rings (SSSR count). The Morgan fingerprint density at radius 2 is 1.68 bits per heavy atom. The Labute approximate surface area is 147 Å². The monoisotopic (exact) mass is 357 g/mol. The first-order valence-corrected chi connectivity index (χ1v) is 9.22. The molecule has 6 heteroatoms. The maximum absolute atomic E-state index is 12.8. The van der Waals surface area contributed by atoms with Crippen LogP contribution in [-0.4, -0.2) is 22.6 Å². The van der Waals surface area contributed by atoms with Crippen LogP contribution in [0, 0.1) is 0 Å². The summed E-state index contributed by atoms with van der Waals surface area (Å²) >= 11 is 0. The molecule has 0 bridgehead atoms. The van der Waals surface area contributed by atoms with E-state index in [9.17, 15) is 8.42 Å². The van der Waals surface area contributed by atoms with E-state index in [0.29, 0.717) is 22.4 Å². The predicted molar refractivity (Wildman–Crippen MR) is 97.5 cm³/mol. The van der Waals surface area contributed by atoms with Gasteiger partial charge in [-0.05, 0) is 29.7 Å². The molecule has 1 N–H and O–H groups in total. The number of fused-ring (bicyclic) bond motifs is 1. The quantitative estimate of drug-likeness (QED) is 0.735. The van der Waals surface area contributed by atoms with Crippen molar-refractivity contribution in [3.8, 4) is 11.5 Å². The second kappa shape index (κ2) is 7.13. The average molecular weight is 357 g/mol. The lowest BCUT2D eigenvalue weighted by molar-refractivity contribution is 0.398. The van der Waals surface area contributed by atoms with Crippen LogP contribution in [-0.2, 0) is 16.6 Å². The van der Waals surface area contributed by atoms with Crippen molar-refractivity contribution in [3.05, 3.63) is 66.2 Å². The number of rotatable bonds is 6. The molecular formula is C19H19NO4S. The van der Waals surface area contributed by atoms with Gasteiger partial charge in [0.25, 0.3) is 0 Å². The van der Waals surface area contributed by atoms with Crippen molar-refractivity contribution in [2.24, 2.45) is 0 Å². The maximum Gasteiger partial charge on any atom is 0.241 e. The first-order valence-electron chi connectivity index (χ1n) is 7.73. The Morgan fingerprint density at radius 1 is 0.920 bits per heavy atom. The molecule has 3 aromatic rings. The van der Waals surface area contributed by atoms with Crippen molar-refractivity contribution in [2.75, 3.05) is 14.2 Å². The molecule has 0 heterocycles. The lowest BCUT2D eigenvalue weighted by atomic mass is 10.1. The highest BCUT2D eigenvalue weighted by atomic mass is 32.2. The molecule has 0 unspecified atom stereocenters. The Balaban J connectivity index is 1.92. The summed E-state index contributed by atoms with van der Waals surface area (Å²) in [5.41, 5.74) is 0.700. The largest absolute Gasteiger partial charge is 0.497 e. The van der Waals surface area contributed by atoms with Crippen LogP contribution < -0.4 is 14.2 Å². The van der Waals surface area contributed by atoms with Crippen molar-refractivity contribution < 1.29 is 17.9 Å². The van der Waals surface area contributed by atoms with Crippen LogP contribution in [0.5, 0.6) is 11.5 Å². The summed E-state index contributed by atoms with van der Waals surface area (Å²) in [6.07, 6.45) is 0. The van der Waals surface area contributed by atoms with Crippen LogP contribution in [0.4, 0.5) is 0 Å². The molecule has 0 spiro atoms. The van der Waals surface area contributed by atoms with Crippen molar-refractivity contribution in [1.82, 2.24) is 4.72 Å². The normalized spacial score (nSPS) is 11.4. The van der Waals surface area contributed by atoms with Crippen molar-refractivity contribution in [2.45, 2.75) is 11.4 Å². The molecule has 0 aliphatic heterocycles. The number of benzene rings is 3. The average Bonchev–Trinajstić information content (AvgIpc) is 2.65. The molecule has 0 aliphatic rings. The van der Waals surface area contributed by atoms with Crippen molar-refractivity contribution >= 4 is 20.8 Å². The van der Waals surface area contributed by atoms with Gasteiger partial charge in [0.15, 0.2) is 0 Å². The van der Waals surface area contributed by atoms with Crippen LogP contribution in [0.1, 0.15) is 5.56 Å². The topological polar surface area (TPSA) is 64.6 Å². The SMILES string of the molecule is COc1ccc(OC)c(CNS(=O)(=O)c2cccc3ccccc23)c1. The van der Waals surface area contributed by atoms with E-state index in [-0.39, 0.29) is 11.4 Å². The highest BCUT2D eigenvalue weighted by molar-refractivity contribution is 7.89. The Kier molecular flexibility index (Phi) is 4.92. The van der Waals surface area contributed by atoms with E-state index in [1.807, 2.05) is 24.3 Å². The lowest BCUT2D eigenvalue weighted by Crippen LogP contribution is -2.23. The van der Waals surface area contributed by atoms with Crippen LogP contribution in [0.15, 0.2) is 65.6 Å². The maximum atomic E-state index is 12.8. The molecule has 5 nitrogen and oxygen atoms in total. The standard InChI is InChI=1S/C19H19NO4S/c1-23-16-10-11-18(24-2)15(12-16)13-20-25(21,22)19-9-5-7-14-6-3-4-8-17(14)19/h3-12,20H,13H2,1-2H3. The van der Waals surface area contributed by atoms with Crippen molar-refractivity contribution in [3.63, 3.8) is 0 Å². The van der Waals surface area contributed by atoms with Gasteiger partial charge in [-0.25, -0.2) is 13.1 Å². The molecule has 0 aromatic heterocycles. The van der Waals surface area contributed by atoms with E-state index in [2.05, 4.69) is 4.72 Å². The number of hydrogen-bond donors (Lipinski definition) is 1. The molecule has 0 aliphatic carbocycles. The van der Waals surface area contributed by atoms with E-state index in [4.69, 9.17) is 9.47 Å². The summed E-state index contributed by atoms with van der Waals surface area (Å²) in [5, 5.41) is 1.57. The van der Waals surface area contributed by atoms with E-state index in [1.54, 1.807) is 50.6 Å². The second-order valence-electron chi connectivity index (χ2n) is 5.48. The first kappa shape index (κ1) is 17.3. The Hall–Kier alpha value is -2.57. The molecule has 130 valence electrons. The Bertz CT molecular complexity index is 994. The van der Waals surface area contributed by atoms with Gasteiger partial charge in [0.1, 0.15) is 11.5 Å². The van der Waals surface area contributed by atoms with E-state index in [0.717, 1.165) is 5.39 Å². The second-order valence-corrected chi connectivity index (χ2v) is 7.21. The van der Waals surface area contributed by atoms with Gasteiger partial charge in [0, 0.05) is 17.5 Å². The third-order valence-electron chi connectivity index (χ3n) is 3.98. The van der Waals surface area contributed by atoms with Gasteiger partial charge in [0.2, 0.25) is 10.0 Å². The molecule has 0 atom stereocenters. The zero-order valence-corrected chi connectivity index (χ0v) is 14.8. The third-order valence-corrected chi connectivity index (χ3v) is 5.44. The van der Waals surface area contributed by atoms with E-state index in [1.165, 1.54) is 0 Å². The zero-order chi connectivity index (χ0) is 17.9. The Morgan fingerprint density at radius 3 is 2.44 bits per heavy atom. The molecule has 0 amide bonds. The van der Waals surface area contributed by atoms with Gasteiger partial charge in [-0.2, -0.15) is 0 Å².